The van der Waals surface area contributed by atoms with Gasteiger partial charge in [-0.05, 0) is 24.1 Å². The van der Waals surface area contributed by atoms with Crippen molar-refractivity contribution in [1.82, 2.24) is 10.6 Å². The number of hydrogen-bond acceptors (Lipinski definition) is 3. The van der Waals surface area contributed by atoms with Crippen LogP contribution in [0.3, 0.4) is 0 Å². The fraction of sp³-hybridized carbons (Fsp3) is 0.417. The minimum Gasteiger partial charge on any atom is -0.495 e. The molecule has 1 rings (SSSR count). The van der Waals surface area contributed by atoms with Crippen molar-refractivity contribution in [2.45, 2.75) is 19.9 Å². The number of methoxy groups -OCH3 is 1. The SMILES string of the molecule is CCCNC(=O)NCc1ccc(OC)c(N)c1. The van der Waals surface area contributed by atoms with Gasteiger partial charge >= 0.3 is 6.03 Å². The van der Waals surface area contributed by atoms with Gasteiger partial charge in [0.1, 0.15) is 5.75 Å². The summed E-state index contributed by atoms with van der Waals surface area (Å²) in [6.45, 7) is 3.13. The molecule has 1 aromatic carbocycles. The number of nitrogen functional groups attached to an aromatic ring is 1. The molecule has 0 atom stereocenters. The molecular weight excluding hydrogens is 218 g/mol. The molecule has 0 unspecified atom stereocenters. The largest absolute Gasteiger partial charge is 0.495 e. The summed E-state index contributed by atoms with van der Waals surface area (Å²) in [4.78, 5) is 11.3. The van der Waals surface area contributed by atoms with Gasteiger partial charge in [0, 0.05) is 13.1 Å². The topological polar surface area (TPSA) is 76.4 Å². The Bertz CT molecular complexity index is 380. The van der Waals surface area contributed by atoms with E-state index < -0.39 is 0 Å². The molecule has 0 bridgehead atoms. The Morgan fingerprint density at radius 2 is 2.18 bits per heavy atom. The Hall–Kier alpha value is -1.91. The molecule has 5 heteroatoms. The highest BCUT2D eigenvalue weighted by molar-refractivity contribution is 5.73. The predicted molar refractivity (Wildman–Crippen MR) is 67.9 cm³/mol. The lowest BCUT2D eigenvalue weighted by Gasteiger charge is -2.09. The first-order chi connectivity index (χ1) is 8.17. The van der Waals surface area contributed by atoms with E-state index in [0.29, 0.717) is 24.5 Å². The summed E-state index contributed by atoms with van der Waals surface area (Å²) in [5.74, 6) is 0.643. The number of amides is 2. The Kier molecular flexibility index (Phi) is 5.13. The Morgan fingerprint density at radius 1 is 1.41 bits per heavy atom. The van der Waals surface area contributed by atoms with E-state index in [-0.39, 0.29) is 6.03 Å². The van der Waals surface area contributed by atoms with E-state index in [1.54, 1.807) is 19.2 Å². The smallest absolute Gasteiger partial charge is 0.315 e. The van der Waals surface area contributed by atoms with Crippen molar-refractivity contribution in [2.24, 2.45) is 0 Å². The minimum atomic E-state index is -0.166. The zero-order valence-corrected chi connectivity index (χ0v) is 10.2. The molecule has 94 valence electrons. The first-order valence-corrected chi connectivity index (χ1v) is 5.61. The van der Waals surface area contributed by atoms with E-state index in [9.17, 15) is 4.79 Å². The molecule has 17 heavy (non-hydrogen) atoms. The van der Waals surface area contributed by atoms with Gasteiger partial charge in [0.25, 0.3) is 0 Å². The number of ether oxygens (including phenoxy) is 1. The molecule has 0 aliphatic rings. The molecule has 1 aromatic rings. The predicted octanol–water partition coefficient (Wildman–Crippen LogP) is 1.49. The monoisotopic (exact) mass is 237 g/mol. The third-order valence-electron chi connectivity index (χ3n) is 2.28. The number of nitrogens with one attached hydrogen (secondary N) is 2. The number of anilines is 1. The number of urea groups is 1. The second kappa shape index (κ2) is 6.62. The third kappa shape index (κ3) is 4.22. The highest BCUT2D eigenvalue weighted by Crippen LogP contribution is 2.21. The molecule has 0 heterocycles. The summed E-state index contributed by atoms with van der Waals surface area (Å²) in [6.07, 6.45) is 0.920. The second-order valence-corrected chi connectivity index (χ2v) is 3.69. The summed E-state index contributed by atoms with van der Waals surface area (Å²) in [5, 5.41) is 5.49. The van der Waals surface area contributed by atoms with Crippen molar-refractivity contribution < 1.29 is 9.53 Å². The average molecular weight is 237 g/mol. The van der Waals surface area contributed by atoms with E-state index >= 15 is 0 Å². The van der Waals surface area contributed by atoms with Crippen LogP contribution in [-0.4, -0.2) is 19.7 Å². The number of benzene rings is 1. The number of nitrogens with two attached hydrogens (primary N) is 1. The fourth-order valence-electron chi connectivity index (χ4n) is 1.38. The van der Waals surface area contributed by atoms with Crippen LogP contribution in [0.4, 0.5) is 10.5 Å². The first kappa shape index (κ1) is 13.2. The molecule has 0 saturated heterocycles. The number of carbonyl (C=O) groups excluding carboxylic acids is 1. The van der Waals surface area contributed by atoms with Gasteiger partial charge in [-0.3, -0.25) is 0 Å². The maximum absolute atomic E-state index is 11.3. The van der Waals surface area contributed by atoms with Crippen molar-refractivity contribution >= 4 is 11.7 Å². The first-order valence-electron chi connectivity index (χ1n) is 5.61. The fourth-order valence-corrected chi connectivity index (χ4v) is 1.38. The van der Waals surface area contributed by atoms with Crippen molar-refractivity contribution in [1.29, 1.82) is 0 Å². The molecule has 0 aliphatic carbocycles. The van der Waals surface area contributed by atoms with Crippen molar-refractivity contribution in [3.63, 3.8) is 0 Å². The van der Waals surface area contributed by atoms with Gasteiger partial charge in [0.2, 0.25) is 0 Å². The maximum atomic E-state index is 11.3. The van der Waals surface area contributed by atoms with Crippen LogP contribution >= 0.6 is 0 Å². The van der Waals surface area contributed by atoms with Gasteiger partial charge in [0.05, 0.1) is 12.8 Å². The lowest BCUT2D eigenvalue weighted by Crippen LogP contribution is -2.35. The number of hydrogen-bond donors (Lipinski definition) is 3. The standard InChI is InChI=1S/C12H19N3O2/c1-3-6-14-12(16)15-8-9-4-5-11(17-2)10(13)7-9/h4-5,7H,3,6,8,13H2,1-2H3,(H2,14,15,16). The van der Waals surface area contributed by atoms with E-state index in [1.165, 1.54) is 0 Å². The van der Waals surface area contributed by atoms with Gasteiger partial charge in [-0.1, -0.05) is 13.0 Å². The van der Waals surface area contributed by atoms with Crippen LogP contribution in [0.5, 0.6) is 5.75 Å². The van der Waals surface area contributed by atoms with E-state index in [0.717, 1.165) is 12.0 Å². The van der Waals surface area contributed by atoms with Crippen molar-refractivity contribution in [3.8, 4) is 5.75 Å². The normalized spacial score (nSPS) is 9.76. The summed E-state index contributed by atoms with van der Waals surface area (Å²) >= 11 is 0. The highest BCUT2D eigenvalue weighted by Gasteiger charge is 2.02. The molecule has 0 radical (unpaired) electrons. The van der Waals surface area contributed by atoms with Crippen LogP contribution in [0.25, 0.3) is 0 Å². The van der Waals surface area contributed by atoms with Gasteiger partial charge < -0.3 is 21.1 Å². The lowest BCUT2D eigenvalue weighted by molar-refractivity contribution is 0.240. The van der Waals surface area contributed by atoms with Crippen LogP contribution in [0, 0.1) is 0 Å². The van der Waals surface area contributed by atoms with Crippen LogP contribution in [0.1, 0.15) is 18.9 Å². The summed E-state index contributed by atoms with van der Waals surface area (Å²) in [7, 11) is 1.57. The van der Waals surface area contributed by atoms with E-state index in [4.69, 9.17) is 10.5 Å². The molecule has 0 fully saturated rings. The summed E-state index contributed by atoms with van der Waals surface area (Å²) in [6, 6.07) is 5.28. The van der Waals surface area contributed by atoms with E-state index in [2.05, 4.69) is 10.6 Å². The van der Waals surface area contributed by atoms with Crippen LogP contribution in [0.15, 0.2) is 18.2 Å². The quantitative estimate of drug-likeness (QED) is 0.679. The van der Waals surface area contributed by atoms with E-state index in [1.807, 2.05) is 13.0 Å². The number of rotatable bonds is 5. The molecule has 0 aromatic heterocycles. The molecule has 0 aliphatic heterocycles. The van der Waals surface area contributed by atoms with Gasteiger partial charge in [0.15, 0.2) is 0 Å². The molecule has 0 saturated carbocycles. The van der Waals surface area contributed by atoms with Gasteiger partial charge in [-0.15, -0.1) is 0 Å². The third-order valence-corrected chi connectivity index (χ3v) is 2.28. The molecule has 4 N–H and O–H groups in total. The Balaban J connectivity index is 2.47. The Morgan fingerprint density at radius 3 is 2.76 bits per heavy atom. The zero-order valence-electron chi connectivity index (χ0n) is 10.2. The summed E-state index contributed by atoms with van der Waals surface area (Å²) in [5.41, 5.74) is 7.28. The zero-order chi connectivity index (χ0) is 12.7. The highest BCUT2D eigenvalue weighted by atomic mass is 16.5. The molecule has 5 nitrogen and oxygen atoms in total. The Labute approximate surface area is 101 Å². The van der Waals surface area contributed by atoms with Crippen LogP contribution in [0.2, 0.25) is 0 Å². The summed E-state index contributed by atoms with van der Waals surface area (Å²) < 4.78 is 5.05. The van der Waals surface area contributed by atoms with Gasteiger partial charge in [-0.25, -0.2) is 4.79 Å². The maximum Gasteiger partial charge on any atom is 0.315 e. The van der Waals surface area contributed by atoms with Crippen molar-refractivity contribution in [2.75, 3.05) is 19.4 Å². The lowest BCUT2D eigenvalue weighted by atomic mass is 10.2. The van der Waals surface area contributed by atoms with Crippen molar-refractivity contribution in [3.05, 3.63) is 23.8 Å². The van der Waals surface area contributed by atoms with Crippen LogP contribution in [-0.2, 0) is 6.54 Å². The molecular formula is C12H19N3O2. The second-order valence-electron chi connectivity index (χ2n) is 3.69. The number of carbonyl (C=O) groups is 1. The average Bonchev–Trinajstić information content (AvgIpc) is 2.34. The van der Waals surface area contributed by atoms with Gasteiger partial charge in [-0.2, -0.15) is 0 Å². The molecule has 0 spiro atoms. The van der Waals surface area contributed by atoms with Crippen LogP contribution < -0.4 is 21.1 Å². The minimum absolute atomic E-state index is 0.166. The molecule has 2 amide bonds.